The van der Waals surface area contributed by atoms with E-state index in [1.54, 1.807) is 0 Å². The molecule has 0 N–H and O–H groups in total. The van der Waals surface area contributed by atoms with Gasteiger partial charge in [-0.3, -0.25) is 4.98 Å². The summed E-state index contributed by atoms with van der Waals surface area (Å²) in [6.45, 7) is 4.27. The highest BCUT2D eigenvalue weighted by molar-refractivity contribution is 5.28. The molecule has 0 spiro atoms. The standard InChI is InChI=1S/C12H17N/c1-9-7-10(2)13-8-12(9)11-5-3-4-6-11/h7-8,11H,3-6H2,1-2H3. The van der Waals surface area contributed by atoms with Crippen molar-refractivity contribution >= 4 is 0 Å². The first-order chi connectivity index (χ1) is 6.27. The van der Waals surface area contributed by atoms with E-state index < -0.39 is 0 Å². The summed E-state index contributed by atoms with van der Waals surface area (Å²) in [5, 5.41) is 0. The van der Waals surface area contributed by atoms with Crippen LogP contribution in [0.25, 0.3) is 0 Å². The summed E-state index contributed by atoms with van der Waals surface area (Å²) in [5.74, 6) is 0.799. The monoisotopic (exact) mass is 175 g/mol. The van der Waals surface area contributed by atoms with Gasteiger partial charge in [-0.2, -0.15) is 0 Å². The van der Waals surface area contributed by atoms with Crippen LogP contribution in [0, 0.1) is 13.8 Å². The van der Waals surface area contributed by atoms with Crippen molar-refractivity contribution in [3.05, 3.63) is 29.1 Å². The van der Waals surface area contributed by atoms with Crippen molar-refractivity contribution in [1.29, 1.82) is 0 Å². The van der Waals surface area contributed by atoms with E-state index >= 15 is 0 Å². The van der Waals surface area contributed by atoms with Gasteiger partial charge in [0.2, 0.25) is 0 Å². The Morgan fingerprint density at radius 3 is 2.54 bits per heavy atom. The lowest BCUT2D eigenvalue weighted by Gasteiger charge is -2.12. The Balaban J connectivity index is 2.29. The van der Waals surface area contributed by atoms with Gasteiger partial charge in [0.15, 0.2) is 0 Å². The minimum Gasteiger partial charge on any atom is -0.261 e. The van der Waals surface area contributed by atoms with Crippen molar-refractivity contribution in [2.45, 2.75) is 45.4 Å². The predicted molar refractivity (Wildman–Crippen MR) is 54.9 cm³/mol. The lowest BCUT2D eigenvalue weighted by Crippen LogP contribution is -1.97. The quantitative estimate of drug-likeness (QED) is 0.637. The second-order valence-electron chi connectivity index (χ2n) is 4.16. The minimum atomic E-state index is 0.799. The largest absolute Gasteiger partial charge is 0.261 e. The fraction of sp³-hybridized carbons (Fsp3) is 0.583. The fourth-order valence-electron chi connectivity index (χ4n) is 2.37. The molecule has 0 unspecified atom stereocenters. The van der Waals surface area contributed by atoms with E-state index in [2.05, 4.69) is 31.1 Å². The van der Waals surface area contributed by atoms with Gasteiger partial charge in [0, 0.05) is 11.9 Å². The Bertz CT molecular complexity index is 298. The van der Waals surface area contributed by atoms with Crippen LogP contribution in [0.4, 0.5) is 0 Å². The first-order valence-electron chi connectivity index (χ1n) is 5.20. The van der Waals surface area contributed by atoms with Crippen molar-refractivity contribution in [3.8, 4) is 0 Å². The molecule has 2 rings (SSSR count). The maximum Gasteiger partial charge on any atom is 0.0375 e. The van der Waals surface area contributed by atoms with Crippen LogP contribution in [-0.4, -0.2) is 4.98 Å². The number of aromatic nitrogens is 1. The van der Waals surface area contributed by atoms with E-state index in [1.165, 1.54) is 36.8 Å². The molecule has 1 nitrogen and oxygen atoms in total. The van der Waals surface area contributed by atoms with Gasteiger partial charge in [-0.1, -0.05) is 12.8 Å². The number of pyridine rings is 1. The summed E-state index contributed by atoms with van der Waals surface area (Å²) in [5.41, 5.74) is 4.06. The summed E-state index contributed by atoms with van der Waals surface area (Å²) in [6.07, 6.45) is 7.62. The van der Waals surface area contributed by atoms with Crippen LogP contribution in [0.5, 0.6) is 0 Å². The number of nitrogens with zero attached hydrogens (tertiary/aromatic N) is 1. The molecule has 1 saturated carbocycles. The summed E-state index contributed by atoms with van der Waals surface area (Å²) in [7, 11) is 0. The molecular formula is C12H17N. The smallest absolute Gasteiger partial charge is 0.0375 e. The highest BCUT2D eigenvalue weighted by atomic mass is 14.7. The van der Waals surface area contributed by atoms with Gasteiger partial charge in [-0.05, 0) is 49.8 Å². The molecule has 0 radical (unpaired) electrons. The number of rotatable bonds is 1. The van der Waals surface area contributed by atoms with Gasteiger partial charge in [0.25, 0.3) is 0 Å². The minimum absolute atomic E-state index is 0.799. The molecule has 0 amide bonds. The van der Waals surface area contributed by atoms with Crippen LogP contribution in [0.3, 0.4) is 0 Å². The average molecular weight is 175 g/mol. The zero-order chi connectivity index (χ0) is 9.26. The Morgan fingerprint density at radius 1 is 1.23 bits per heavy atom. The van der Waals surface area contributed by atoms with Crippen LogP contribution in [0.2, 0.25) is 0 Å². The average Bonchev–Trinajstić information content (AvgIpc) is 2.56. The molecular weight excluding hydrogens is 158 g/mol. The van der Waals surface area contributed by atoms with Crippen LogP contribution in [0.15, 0.2) is 12.3 Å². The van der Waals surface area contributed by atoms with E-state index in [0.29, 0.717) is 0 Å². The molecule has 1 heterocycles. The maximum atomic E-state index is 4.38. The van der Waals surface area contributed by atoms with E-state index in [-0.39, 0.29) is 0 Å². The Kier molecular flexibility index (Phi) is 2.34. The molecule has 1 aromatic rings. The van der Waals surface area contributed by atoms with E-state index in [4.69, 9.17) is 0 Å². The van der Waals surface area contributed by atoms with Crippen molar-refractivity contribution in [2.24, 2.45) is 0 Å². The van der Waals surface area contributed by atoms with Gasteiger partial charge < -0.3 is 0 Å². The molecule has 13 heavy (non-hydrogen) atoms. The topological polar surface area (TPSA) is 12.9 Å². The summed E-state index contributed by atoms with van der Waals surface area (Å²) in [4.78, 5) is 4.38. The van der Waals surface area contributed by atoms with E-state index in [1.807, 2.05) is 0 Å². The fourth-order valence-corrected chi connectivity index (χ4v) is 2.37. The van der Waals surface area contributed by atoms with Gasteiger partial charge in [-0.15, -0.1) is 0 Å². The SMILES string of the molecule is Cc1cc(C)c(C2CCCC2)cn1. The molecule has 0 aliphatic heterocycles. The third-order valence-electron chi connectivity index (χ3n) is 3.08. The number of hydrogen-bond donors (Lipinski definition) is 0. The molecule has 1 heteroatoms. The number of aryl methyl sites for hydroxylation is 2. The van der Waals surface area contributed by atoms with Crippen molar-refractivity contribution in [2.75, 3.05) is 0 Å². The second-order valence-corrected chi connectivity index (χ2v) is 4.16. The molecule has 0 saturated heterocycles. The van der Waals surface area contributed by atoms with Gasteiger partial charge in [-0.25, -0.2) is 0 Å². The summed E-state index contributed by atoms with van der Waals surface area (Å²) < 4.78 is 0. The normalized spacial score (nSPS) is 18.0. The number of hydrogen-bond acceptors (Lipinski definition) is 1. The highest BCUT2D eigenvalue weighted by Crippen LogP contribution is 2.35. The van der Waals surface area contributed by atoms with Crippen LogP contribution < -0.4 is 0 Å². The molecule has 1 aliphatic carbocycles. The molecule has 1 fully saturated rings. The molecule has 1 aliphatic rings. The van der Waals surface area contributed by atoms with Crippen molar-refractivity contribution in [3.63, 3.8) is 0 Å². The first kappa shape index (κ1) is 8.74. The lowest BCUT2D eigenvalue weighted by molar-refractivity contribution is 0.712. The summed E-state index contributed by atoms with van der Waals surface area (Å²) >= 11 is 0. The molecule has 0 atom stereocenters. The predicted octanol–water partition coefficient (Wildman–Crippen LogP) is 3.36. The van der Waals surface area contributed by atoms with E-state index in [0.717, 1.165) is 11.6 Å². The molecule has 0 aromatic carbocycles. The van der Waals surface area contributed by atoms with Crippen LogP contribution >= 0.6 is 0 Å². The first-order valence-corrected chi connectivity index (χ1v) is 5.20. The van der Waals surface area contributed by atoms with Gasteiger partial charge in [0.1, 0.15) is 0 Å². The molecule has 1 aromatic heterocycles. The lowest BCUT2D eigenvalue weighted by atomic mass is 9.95. The Labute approximate surface area is 80.2 Å². The summed E-state index contributed by atoms with van der Waals surface area (Å²) in [6, 6.07) is 2.20. The third kappa shape index (κ3) is 1.74. The molecule has 0 bridgehead atoms. The highest BCUT2D eigenvalue weighted by Gasteiger charge is 2.18. The van der Waals surface area contributed by atoms with Crippen molar-refractivity contribution < 1.29 is 0 Å². The zero-order valence-corrected chi connectivity index (χ0v) is 8.51. The van der Waals surface area contributed by atoms with Gasteiger partial charge in [0.05, 0.1) is 0 Å². The van der Waals surface area contributed by atoms with Crippen molar-refractivity contribution in [1.82, 2.24) is 4.98 Å². The van der Waals surface area contributed by atoms with E-state index in [9.17, 15) is 0 Å². The maximum absolute atomic E-state index is 4.38. The van der Waals surface area contributed by atoms with Gasteiger partial charge >= 0.3 is 0 Å². The molecule has 70 valence electrons. The zero-order valence-electron chi connectivity index (χ0n) is 8.51. The third-order valence-corrected chi connectivity index (χ3v) is 3.08. The Morgan fingerprint density at radius 2 is 1.92 bits per heavy atom. The van der Waals surface area contributed by atoms with Crippen LogP contribution in [0.1, 0.15) is 48.4 Å². The Hall–Kier alpha value is -0.850. The second kappa shape index (κ2) is 3.49. The van der Waals surface area contributed by atoms with Crippen LogP contribution in [-0.2, 0) is 0 Å².